The van der Waals surface area contributed by atoms with E-state index >= 15 is 0 Å². The zero-order chi connectivity index (χ0) is 9.84. The maximum absolute atomic E-state index is 10.8. The van der Waals surface area contributed by atoms with Gasteiger partial charge in [0.05, 0.1) is 25.6 Å². The van der Waals surface area contributed by atoms with E-state index in [4.69, 9.17) is 4.74 Å². The van der Waals surface area contributed by atoms with Crippen LogP contribution in [0, 0.1) is 5.92 Å². The third-order valence-electron chi connectivity index (χ3n) is 1.80. The maximum atomic E-state index is 10.8. The Hall–Kier alpha value is -0.900. The molecule has 0 unspecified atom stereocenters. The second kappa shape index (κ2) is 4.37. The molecule has 1 heterocycles. The summed E-state index contributed by atoms with van der Waals surface area (Å²) in [5.74, 6) is -0.877. The Labute approximate surface area is 77.2 Å². The molecule has 0 aliphatic carbocycles. The Morgan fingerprint density at radius 1 is 1.38 bits per heavy atom. The van der Waals surface area contributed by atoms with Gasteiger partial charge in [0.1, 0.15) is 0 Å². The van der Waals surface area contributed by atoms with E-state index < -0.39 is 11.9 Å². The fourth-order valence-electron chi connectivity index (χ4n) is 1.20. The van der Waals surface area contributed by atoms with Gasteiger partial charge in [0, 0.05) is 5.92 Å². The predicted molar refractivity (Wildman–Crippen MR) is 44.9 cm³/mol. The van der Waals surface area contributed by atoms with Crippen LogP contribution in [0.2, 0.25) is 0 Å². The quantitative estimate of drug-likeness (QED) is 0.485. The molecule has 1 aliphatic rings. The van der Waals surface area contributed by atoms with Crippen LogP contribution >= 0.6 is 0 Å². The van der Waals surface area contributed by atoms with Crippen LogP contribution in [0.5, 0.6) is 0 Å². The Kier molecular flexibility index (Phi) is 3.42. The van der Waals surface area contributed by atoms with Crippen molar-refractivity contribution in [3.05, 3.63) is 0 Å². The van der Waals surface area contributed by atoms with Crippen molar-refractivity contribution in [3.63, 3.8) is 0 Å². The fraction of sp³-hybridized carbons (Fsp3) is 0.778. The van der Waals surface area contributed by atoms with Crippen LogP contribution < -0.4 is 0 Å². The van der Waals surface area contributed by atoms with Gasteiger partial charge in [-0.05, 0) is 13.8 Å². The van der Waals surface area contributed by atoms with E-state index in [1.165, 1.54) is 0 Å². The van der Waals surface area contributed by atoms with Gasteiger partial charge >= 0.3 is 11.9 Å². The third kappa shape index (κ3) is 3.55. The first kappa shape index (κ1) is 10.2. The molecule has 4 heteroatoms. The number of hydrogen-bond donors (Lipinski definition) is 0. The van der Waals surface area contributed by atoms with Gasteiger partial charge in [-0.1, -0.05) is 0 Å². The highest BCUT2D eigenvalue weighted by Gasteiger charge is 2.27. The zero-order valence-corrected chi connectivity index (χ0v) is 7.91. The molecule has 4 nitrogen and oxygen atoms in total. The summed E-state index contributed by atoms with van der Waals surface area (Å²) < 4.78 is 9.71. The topological polar surface area (TPSA) is 52.6 Å². The van der Waals surface area contributed by atoms with Crippen molar-refractivity contribution in [2.45, 2.75) is 32.8 Å². The van der Waals surface area contributed by atoms with E-state index in [0.29, 0.717) is 19.4 Å². The van der Waals surface area contributed by atoms with Crippen LogP contribution in [0.3, 0.4) is 0 Å². The van der Waals surface area contributed by atoms with Gasteiger partial charge in [-0.15, -0.1) is 0 Å². The molecule has 1 aliphatic heterocycles. The van der Waals surface area contributed by atoms with Gasteiger partial charge in [0.2, 0.25) is 0 Å². The lowest BCUT2D eigenvalue weighted by Crippen LogP contribution is -2.28. The summed E-state index contributed by atoms with van der Waals surface area (Å²) in [5.41, 5.74) is 0. The Bertz CT molecular complexity index is 194. The minimum atomic E-state index is -0.436. The average Bonchev–Trinajstić information content (AvgIpc) is 1.99. The molecule has 0 atom stereocenters. The molecule has 0 saturated carbocycles. The lowest BCUT2D eigenvalue weighted by molar-refractivity contribution is -0.166. The maximum Gasteiger partial charge on any atom is 0.313 e. The van der Waals surface area contributed by atoms with Crippen molar-refractivity contribution in [1.82, 2.24) is 0 Å². The van der Waals surface area contributed by atoms with Gasteiger partial charge in [-0.25, -0.2) is 0 Å². The summed E-state index contributed by atoms with van der Waals surface area (Å²) in [4.78, 5) is 21.7. The van der Waals surface area contributed by atoms with Gasteiger partial charge < -0.3 is 9.47 Å². The van der Waals surface area contributed by atoms with Crippen LogP contribution in [0.1, 0.15) is 26.7 Å². The Morgan fingerprint density at radius 3 is 2.38 bits per heavy atom. The van der Waals surface area contributed by atoms with Crippen LogP contribution in [0.25, 0.3) is 0 Å². The first-order valence-corrected chi connectivity index (χ1v) is 4.43. The van der Waals surface area contributed by atoms with E-state index in [0.717, 1.165) is 0 Å². The SMILES string of the molecule is CC(C)OCC1CC(=O)OC(=O)C1. The lowest BCUT2D eigenvalue weighted by atomic mass is 10.0. The van der Waals surface area contributed by atoms with Gasteiger partial charge in [-0.3, -0.25) is 9.59 Å². The molecular formula is C9H14O4. The van der Waals surface area contributed by atoms with Crippen LogP contribution in [-0.2, 0) is 19.1 Å². The molecule has 0 aromatic carbocycles. The number of esters is 2. The Balaban J connectivity index is 2.33. The number of carbonyl (C=O) groups is 2. The van der Waals surface area contributed by atoms with E-state index in [1.54, 1.807) is 0 Å². The molecule has 1 fully saturated rings. The summed E-state index contributed by atoms with van der Waals surface area (Å²) in [7, 11) is 0. The molecule has 1 rings (SSSR count). The average molecular weight is 186 g/mol. The van der Waals surface area contributed by atoms with Gasteiger partial charge in [0.25, 0.3) is 0 Å². The van der Waals surface area contributed by atoms with Crippen molar-refractivity contribution < 1.29 is 19.1 Å². The number of cyclic esters (lactones) is 2. The number of ether oxygens (including phenoxy) is 2. The van der Waals surface area contributed by atoms with Gasteiger partial charge in [-0.2, -0.15) is 0 Å². The van der Waals surface area contributed by atoms with Crippen LogP contribution in [-0.4, -0.2) is 24.6 Å². The highest BCUT2D eigenvalue weighted by Crippen LogP contribution is 2.17. The monoisotopic (exact) mass is 186 g/mol. The van der Waals surface area contributed by atoms with Crippen LogP contribution in [0.4, 0.5) is 0 Å². The molecule has 74 valence electrons. The largest absolute Gasteiger partial charge is 0.393 e. The molecule has 1 saturated heterocycles. The normalized spacial score (nSPS) is 19.3. The van der Waals surface area contributed by atoms with Crippen molar-refractivity contribution in [1.29, 1.82) is 0 Å². The van der Waals surface area contributed by atoms with Crippen LogP contribution in [0.15, 0.2) is 0 Å². The predicted octanol–water partition coefficient (Wildman–Crippen LogP) is 0.891. The zero-order valence-electron chi connectivity index (χ0n) is 7.91. The van der Waals surface area contributed by atoms with Gasteiger partial charge in [0.15, 0.2) is 0 Å². The summed E-state index contributed by atoms with van der Waals surface area (Å²) in [5, 5.41) is 0. The third-order valence-corrected chi connectivity index (χ3v) is 1.80. The van der Waals surface area contributed by atoms with E-state index in [9.17, 15) is 9.59 Å². The summed E-state index contributed by atoms with van der Waals surface area (Å²) in [6, 6.07) is 0. The first-order valence-electron chi connectivity index (χ1n) is 4.43. The molecule has 0 bridgehead atoms. The molecule has 0 amide bonds. The molecule has 0 spiro atoms. The van der Waals surface area contributed by atoms with E-state index in [1.807, 2.05) is 13.8 Å². The van der Waals surface area contributed by atoms with Crippen molar-refractivity contribution in [2.24, 2.45) is 5.92 Å². The highest BCUT2D eigenvalue weighted by atomic mass is 16.6. The fourth-order valence-corrected chi connectivity index (χ4v) is 1.20. The molecule has 0 aromatic rings. The smallest absolute Gasteiger partial charge is 0.313 e. The van der Waals surface area contributed by atoms with E-state index in [-0.39, 0.29) is 12.0 Å². The van der Waals surface area contributed by atoms with E-state index in [2.05, 4.69) is 4.74 Å². The van der Waals surface area contributed by atoms with Crippen molar-refractivity contribution in [3.8, 4) is 0 Å². The molecule has 0 aromatic heterocycles. The summed E-state index contributed by atoms with van der Waals surface area (Å²) >= 11 is 0. The Morgan fingerprint density at radius 2 is 1.92 bits per heavy atom. The second-order valence-corrected chi connectivity index (χ2v) is 3.50. The minimum absolute atomic E-state index is 0.00356. The number of carbonyl (C=O) groups excluding carboxylic acids is 2. The number of hydrogen-bond acceptors (Lipinski definition) is 4. The first-order chi connectivity index (χ1) is 6.08. The van der Waals surface area contributed by atoms with Crippen molar-refractivity contribution >= 4 is 11.9 Å². The molecular weight excluding hydrogens is 172 g/mol. The second-order valence-electron chi connectivity index (χ2n) is 3.50. The summed E-state index contributed by atoms with van der Waals surface area (Å²) in [6.07, 6.45) is 0.713. The summed E-state index contributed by atoms with van der Waals surface area (Å²) in [6.45, 7) is 4.30. The highest BCUT2D eigenvalue weighted by molar-refractivity contribution is 5.88. The molecule has 13 heavy (non-hydrogen) atoms. The standard InChI is InChI=1S/C9H14O4/c1-6(2)12-5-7-3-8(10)13-9(11)4-7/h6-7H,3-5H2,1-2H3. The molecule has 0 radical (unpaired) electrons. The minimum Gasteiger partial charge on any atom is -0.393 e. The van der Waals surface area contributed by atoms with Crippen molar-refractivity contribution in [2.75, 3.05) is 6.61 Å². The lowest BCUT2D eigenvalue weighted by Gasteiger charge is -2.20. The number of rotatable bonds is 3. The molecule has 0 N–H and O–H groups in total.